The van der Waals surface area contributed by atoms with Gasteiger partial charge in [0.2, 0.25) is 11.7 Å². The first kappa shape index (κ1) is 14.5. The predicted octanol–water partition coefficient (Wildman–Crippen LogP) is 3.75. The summed E-state index contributed by atoms with van der Waals surface area (Å²) in [6, 6.07) is 13.2. The van der Waals surface area contributed by atoms with Gasteiger partial charge < -0.3 is 9.84 Å². The van der Waals surface area contributed by atoms with E-state index in [1.165, 1.54) is 0 Å². The molecule has 0 fully saturated rings. The summed E-state index contributed by atoms with van der Waals surface area (Å²) in [6.45, 7) is 2.63. The largest absolute Gasteiger partial charge is 0.370 e. The quantitative estimate of drug-likeness (QED) is 0.777. The second kappa shape index (κ2) is 6.58. The van der Waals surface area contributed by atoms with Gasteiger partial charge in [0.05, 0.1) is 0 Å². The van der Waals surface area contributed by atoms with Gasteiger partial charge in [0, 0.05) is 29.2 Å². The fourth-order valence-corrected chi connectivity index (χ4v) is 2.23. The molecule has 22 heavy (non-hydrogen) atoms. The zero-order valence-electron chi connectivity index (χ0n) is 12.1. The van der Waals surface area contributed by atoms with E-state index >= 15 is 0 Å². The molecule has 0 saturated carbocycles. The zero-order chi connectivity index (χ0) is 15.4. The van der Waals surface area contributed by atoms with Crippen LogP contribution >= 0.6 is 11.6 Å². The number of anilines is 1. The van der Waals surface area contributed by atoms with Crippen LogP contribution in [0.25, 0.3) is 11.4 Å². The van der Waals surface area contributed by atoms with Crippen molar-refractivity contribution in [1.29, 1.82) is 0 Å². The lowest BCUT2D eigenvalue weighted by molar-refractivity contribution is 0.381. The number of benzene rings is 1. The third-order valence-corrected chi connectivity index (χ3v) is 3.32. The summed E-state index contributed by atoms with van der Waals surface area (Å²) >= 11 is 5.96. The minimum absolute atomic E-state index is 0.547. The molecule has 0 bridgehead atoms. The van der Waals surface area contributed by atoms with Crippen LogP contribution < -0.4 is 5.32 Å². The van der Waals surface area contributed by atoms with Crippen molar-refractivity contribution >= 4 is 17.4 Å². The zero-order valence-corrected chi connectivity index (χ0v) is 12.8. The predicted molar refractivity (Wildman–Crippen MR) is 85.9 cm³/mol. The number of nitrogens with zero attached hydrogens (tertiary/aromatic N) is 3. The van der Waals surface area contributed by atoms with Gasteiger partial charge in [-0.05, 0) is 31.2 Å². The molecule has 0 aliphatic carbocycles. The van der Waals surface area contributed by atoms with E-state index in [2.05, 4.69) is 20.4 Å². The van der Waals surface area contributed by atoms with Crippen molar-refractivity contribution in [3.05, 3.63) is 59.1 Å². The van der Waals surface area contributed by atoms with E-state index in [9.17, 15) is 0 Å². The maximum atomic E-state index is 5.96. The highest BCUT2D eigenvalue weighted by Crippen LogP contribution is 2.20. The van der Waals surface area contributed by atoms with E-state index in [1.807, 2.05) is 49.4 Å². The van der Waals surface area contributed by atoms with Crippen LogP contribution in [0.15, 0.2) is 47.0 Å². The second-order valence-corrected chi connectivity index (χ2v) is 5.30. The summed E-state index contributed by atoms with van der Waals surface area (Å²) < 4.78 is 5.26. The Morgan fingerprint density at radius 1 is 1.14 bits per heavy atom. The van der Waals surface area contributed by atoms with Crippen molar-refractivity contribution in [3.63, 3.8) is 0 Å². The van der Waals surface area contributed by atoms with Gasteiger partial charge in [-0.25, -0.2) is 4.98 Å². The van der Waals surface area contributed by atoms with Gasteiger partial charge >= 0.3 is 0 Å². The van der Waals surface area contributed by atoms with Crippen molar-refractivity contribution < 1.29 is 4.52 Å². The first-order valence-corrected chi connectivity index (χ1v) is 7.34. The second-order valence-electron chi connectivity index (χ2n) is 4.86. The van der Waals surface area contributed by atoms with Gasteiger partial charge in [0.25, 0.3) is 0 Å². The number of aryl methyl sites for hydroxylation is 1. The molecule has 1 aromatic carbocycles. The molecule has 5 nitrogen and oxygen atoms in total. The Morgan fingerprint density at radius 2 is 2.00 bits per heavy atom. The molecule has 2 aromatic heterocycles. The van der Waals surface area contributed by atoms with E-state index in [-0.39, 0.29) is 0 Å². The lowest BCUT2D eigenvalue weighted by Gasteiger charge is -2.03. The van der Waals surface area contributed by atoms with E-state index in [0.717, 1.165) is 17.1 Å². The molecule has 2 heterocycles. The molecular weight excluding hydrogens is 300 g/mol. The average Bonchev–Trinajstić information content (AvgIpc) is 2.96. The number of hydrogen-bond donors (Lipinski definition) is 1. The Morgan fingerprint density at radius 3 is 2.82 bits per heavy atom. The summed E-state index contributed by atoms with van der Waals surface area (Å²) in [5, 5.41) is 7.86. The van der Waals surface area contributed by atoms with Gasteiger partial charge in [-0.1, -0.05) is 35.0 Å². The Balaban J connectivity index is 1.60. The molecule has 0 spiro atoms. The van der Waals surface area contributed by atoms with Crippen LogP contribution in [-0.4, -0.2) is 21.7 Å². The molecule has 0 radical (unpaired) electrons. The molecule has 6 heteroatoms. The van der Waals surface area contributed by atoms with Crippen molar-refractivity contribution in [2.75, 3.05) is 11.9 Å². The molecule has 0 unspecified atom stereocenters. The highest BCUT2D eigenvalue weighted by Gasteiger charge is 2.08. The lowest BCUT2D eigenvalue weighted by atomic mass is 10.2. The first-order valence-electron chi connectivity index (χ1n) is 6.97. The van der Waals surface area contributed by atoms with Gasteiger partial charge in [-0.2, -0.15) is 4.98 Å². The number of aromatic nitrogens is 3. The van der Waals surface area contributed by atoms with Crippen LogP contribution in [0.5, 0.6) is 0 Å². The maximum Gasteiger partial charge on any atom is 0.228 e. The molecule has 0 saturated heterocycles. The highest BCUT2D eigenvalue weighted by atomic mass is 35.5. The topological polar surface area (TPSA) is 63.8 Å². The van der Waals surface area contributed by atoms with Crippen LogP contribution in [0.4, 0.5) is 5.82 Å². The van der Waals surface area contributed by atoms with E-state index in [0.29, 0.717) is 29.7 Å². The van der Waals surface area contributed by atoms with Gasteiger partial charge in [-0.15, -0.1) is 0 Å². The van der Waals surface area contributed by atoms with Crippen LogP contribution in [0.3, 0.4) is 0 Å². The summed E-state index contributed by atoms with van der Waals surface area (Å²) in [7, 11) is 0. The van der Waals surface area contributed by atoms with Crippen LogP contribution in [0.2, 0.25) is 5.02 Å². The van der Waals surface area contributed by atoms with Crippen LogP contribution in [-0.2, 0) is 6.42 Å². The molecule has 0 aliphatic heterocycles. The standard InChI is InChI=1S/C16H15ClN4O/c1-11-4-2-7-14(19-11)18-9-8-15-20-16(21-22-15)12-5-3-6-13(17)10-12/h2-7,10H,8-9H2,1H3,(H,18,19). The number of pyridine rings is 1. The summed E-state index contributed by atoms with van der Waals surface area (Å²) in [4.78, 5) is 8.75. The number of halogens is 1. The monoisotopic (exact) mass is 314 g/mol. The molecule has 112 valence electrons. The SMILES string of the molecule is Cc1cccc(NCCc2nc(-c3cccc(Cl)c3)no2)n1. The third-order valence-electron chi connectivity index (χ3n) is 3.08. The Kier molecular flexibility index (Phi) is 4.34. The Hall–Kier alpha value is -2.40. The van der Waals surface area contributed by atoms with Gasteiger partial charge in [-0.3, -0.25) is 0 Å². The molecule has 0 atom stereocenters. The van der Waals surface area contributed by atoms with Crippen molar-refractivity contribution in [2.45, 2.75) is 13.3 Å². The van der Waals surface area contributed by atoms with E-state index < -0.39 is 0 Å². The van der Waals surface area contributed by atoms with Crippen molar-refractivity contribution in [3.8, 4) is 11.4 Å². The highest BCUT2D eigenvalue weighted by molar-refractivity contribution is 6.30. The number of rotatable bonds is 5. The molecule has 0 aliphatic rings. The summed E-state index contributed by atoms with van der Waals surface area (Å²) in [6.07, 6.45) is 0.628. The molecule has 3 rings (SSSR count). The first-order chi connectivity index (χ1) is 10.7. The minimum Gasteiger partial charge on any atom is -0.370 e. The van der Waals surface area contributed by atoms with Crippen LogP contribution in [0, 0.1) is 6.92 Å². The normalized spacial score (nSPS) is 10.6. The molecule has 1 N–H and O–H groups in total. The number of hydrogen-bond acceptors (Lipinski definition) is 5. The van der Waals surface area contributed by atoms with E-state index in [4.69, 9.17) is 16.1 Å². The lowest BCUT2D eigenvalue weighted by Crippen LogP contribution is -2.06. The maximum absolute atomic E-state index is 5.96. The smallest absolute Gasteiger partial charge is 0.228 e. The number of nitrogens with one attached hydrogen (secondary N) is 1. The van der Waals surface area contributed by atoms with Crippen molar-refractivity contribution in [2.24, 2.45) is 0 Å². The van der Waals surface area contributed by atoms with Gasteiger partial charge in [0.15, 0.2) is 0 Å². The average molecular weight is 315 g/mol. The minimum atomic E-state index is 0.547. The Labute approximate surface area is 133 Å². The fourth-order valence-electron chi connectivity index (χ4n) is 2.04. The third kappa shape index (κ3) is 3.62. The summed E-state index contributed by atoms with van der Waals surface area (Å²) in [5.41, 5.74) is 1.82. The van der Waals surface area contributed by atoms with Gasteiger partial charge in [0.1, 0.15) is 5.82 Å². The molecular formula is C16H15ClN4O. The Bertz CT molecular complexity index is 772. The molecule has 0 amide bonds. The fraction of sp³-hybridized carbons (Fsp3) is 0.188. The van der Waals surface area contributed by atoms with Crippen LogP contribution in [0.1, 0.15) is 11.6 Å². The van der Waals surface area contributed by atoms with Crippen molar-refractivity contribution in [1.82, 2.24) is 15.1 Å². The summed E-state index contributed by atoms with van der Waals surface area (Å²) in [5.74, 6) is 1.97. The molecule has 3 aromatic rings. The van der Waals surface area contributed by atoms with E-state index in [1.54, 1.807) is 0 Å².